The molecule has 0 saturated carbocycles. The molecule has 1 aromatic carbocycles. The monoisotopic (exact) mass is 408 g/mol. The van der Waals surface area contributed by atoms with Crippen molar-refractivity contribution >= 4 is 45.7 Å². The van der Waals surface area contributed by atoms with E-state index in [0.717, 1.165) is 16.9 Å². The SMILES string of the molecule is COC(=O)c1c(NC(=O)Cc2ccc(Cl)cc2)sc(C(=O)NC(C)C)c1C. The Bertz CT molecular complexity index is 859. The molecule has 2 rings (SSSR count). The highest BCUT2D eigenvalue weighted by atomic mass is 35.5. The van der Waals surface area contributed by atoms with Crippen LogP contribution in [0.3, 0.4) is 0 Å². The molecule has 0 saturated heterocycles. The van der Waals surface area contributed by atoms with E-state index >= 15 is 0 Å². The van der Waals surface area contributed by atoms with Gasteiger partial charge in [0.1, 0.15) is 5.00 Å². The first-order valence-corrected chi connectivity index (χ1v) is 9.49. The van der Waals surface area contributed by atoms with Gasteiger partial charge in [-0.15, -0.1) is 11.3 Å². The number of esters is 1. The van der Waals surface area contributed by atoms with Crippen LogP contribution in [0.2, 0.25) is 5.02 Å². The van der Waals surface area contributed by atoms with Crippen LogP contribution in [0, 0.1) is 6.92 Å². The number of anilines is 1. The van der Waals surface area contributed by atoms with Crippen LogP contribution in [-0.4, -0.2) is 30.9 Å². The number of methoxy groups -OCH3 is 1. The lowest BCUT2D eigenvalue weighted by atomic mass is 10.1. The number of halogens is 1. The fraction of sp³-hybridized carbons (Fsp3) is 0.316. The number of rotatable bonds is 6. The molecule has 6 nitrogen and oxygen atoms in total. The first-order valence-electron chi connectivity index (χ1n) is 8.29. The number of ether oxygens (including phenoxy) is 1. The molecule has 0 aliphatic carbocycles. The summed E-state index contributed by atoms with van der Waals surface area (Å²) in [5.74, 6) is -1.20. The smallest absolute Gasteiger partial charge is 0.341 e. The van der Waals surface area contributed by atoms with E-state index in [1.807, 2.05) is 13.8 Å². The minimum absolute atomic E-state index is 0.0523. The lowest BCUT2D eigenvalue weighted by Gasteiger charge is -2.07. The first kappa shape index (κ1) is 20.9. The molecule has 1 aromatic heterocycles. The highest BCUT2D eigenvalue weighted by molar-refractivity contribution is 7.18. The summed E-state index contributed by atoms with van der Waals surface area (Å²) in [5.41, 5.74) is 1.45. The Hall–Kier alpha value is -2.38. The van der Waals surface area contributed by atoms with Gasteiger partial charge in [0, 0.05) is 11.1 Å². The highest BCUT2D eigenvalue weighted by Gasteiger charge is 2.26. The van der Waals surface area contributed by atoms with Gasteiger partial charge in [0.15, 0.2) is 0 Å². The molecule has 0 aliphatic heterocycles. The molecule has 2 N–H and O–H groups in total. The highest BCUT2D eigenvalue weighted by Crippen LogP contribution is 2.34. The first-order chi connectivity index (χ1) is 12.7. The topological polar surface area (TPSA) is 84.5 Å². The normalized spacial score (nSPS) is 10.6. The standard InChI is InChI=1S/C19H21ClN2O4S/c1-10(2)21-17(24)16-11(3)15(19(25)26-4)18(27-16)22-14(23)9-12-5-7-13(20)8-6-12/h5-8,10H,9H2,1-4H3,(H,21,24)(H,22,23). The van der Waals surface area contributed by atoms with Crippen molar-refractivity contribution in [2.45, 2.75) is 33.2 Å². The maximum atomic E-state index is 12.4. The second-order valence-electron chi connectivity index (χ2n) is 6.23. The number of carbonyl (C=O) groups excluding carboxylic acids is 3. The van der Waals surface area contributed by atoms with Crippen molar-refractivity contribution in [1.29, 1.82) is 0 Å². The van der Waals surface area contributed by atoms with Gasteiger partial charge in [0.2, 0.25) is 5.91 Å². The molecule has 2 aromatic rings. The van der Waals surface area contributed by atoms with Crippen molar-refractivity contribution in [3.05, 3.63) is 50.9 Å². The van der Waals surface area contributed by atoms with E-state index in [1.165, 1.54) is 7.11 Å². The molecule has 0 radical (unpaired) electrons. The van der Waals surface area contributed by atoms with Crippen LogP contribution < -0.4 is 10.6 Å². The Labute approximate surface area is 166 Å². The average Bonchev–Trinajstić information content (AvgIpc) is 2.92. The summed E-state index contributed by atoms with van der Waals surface area (Å²) < 4.78 is 4.82. The molecule has 0 bridgehead atoms. The fourth-order valence-corrected chi connectivity index (χ4v) is 3.69. The molecule has 2 amide bonds. The molecule has 1 heterocycles. The zero-order valence-corrected chi connectivity index (χ0v) is 17.1. The van der Waals surface area contributed by atoms with Crippen molar-refractivity contribution < 1.29 is 19.1 Å². The van der Waals surface area contributed by atoms with E-state index in [0.29, 0.717) is 20.5 Å². The third-order valence-electron chi connectivity index (χ3n) is 3.69. The van der Waals surface area contributed by atoms with Crippen LogP contribution in [0.1, 0.15) is 45.0 Å². The molecule has 0 fully saturated rings. The maximum absolute atomic E-state index is 12.4. The molecule has 0 atom stereocenters. The lowest BCUT2D eigenvalue weighted by Crippen LogP contribution is -2.29. The lowest BCUT2D eigenvalue weighted by molar-refractivity contribution is -0.115. The largest absolute Gasteiger partial charge is 0.465 e. The van der Waals surface area contributed by atoms with Gasteiger partial charge in [-0.2, -0.15) is 0 Å². The van der Waals surface area contributed by atoms with Crippen molar-refractivity contribution in [1.82, 2.24) is 5.32 Å². The summed E-state index contributed by atoms with van der Waals surface area (Å²) in [6.45, 7) is 5.35. The van der Waals surface area contributed by atoms with E-state index in [1.54, 1.807) is 31.2 Å². The van der Waals surface area contributed by atoms with Gasteiger partial charge in [-0.3, -0.25) is 9.59 Å². The summed E-state index contributed by atoms with van der Waals surface area (Å²) in [5, 5.41) is 6.40. The molecule has 27 heavy (non-hydrogen) atoms. The van der Waals surface area contributed by atoms with Crippen LogP contribution >= 0.6 is 22.9 Å². The summed E-state index contributed by atoms with van der Waals surface area (Å²) in [6.07, 6.45) is 0.113. The van der Waals surface area contributed by atoms with Gasteiger partial charge < -0.3 is 15.4 Å². The Balaban J connectivity index is 2.28. The van der Waals surface area contributed by atoms with Crippen molar-refractivity contribution in [3.8, 4) is 0 Å². The number of hydrogen-bond donors (Lipinski definition) is 2. The van der Waals surface area contributed by atoms with Crippen molar-refractivity contribution in [2.24, 2.45) is 0 Å². The molecule has 0 aliphatic rings. The maximum Gasteiger partial charge on any atom is 0.341 e. The molecule has 0 spiro atoms. The Morgan fingerprint density at radius 2 is 1.81 bits per heavy atom. The summed E-state index contributed by atoms with van der Waals surface area (Å²) in [4.78, 5) is 37.3. The third-order valence-corrected chi connectivity index (χ3v) is 5.15. The number of amides is 2. The molecule has 8 heteroatoms. The Morgan fingerprint density at radius 1 is 1.19 bits per heavy atom. The number of carbonyl (C=O) groups is 3. The van der Waals surface area contributed by atoms with E-state index in [4.69, 9.17) is 16.3 Å². The van der Waals surface area contributed by atoms with Crippen LogP contribution in [0.4, 0.5) is 5.00 Å². The van der Waals surface area contributed by atoms with Gasteiger partial charge in [-0.1, -0.05) is 23.7 Å². The predicted octanol–water partition coefficient (Wildman–Crippen LogP) is 3.82. The van der Waals surface area contributed by atoms with Crippen molar-refractivity contribution in [3.63, 3.8) is 0 Å². The summed E-state index contributed by atoms with van der Waals surface area (Å²) in [6, 6.07) is 6.86. The summed E-state index contributed by atoms with van der Waals surface area (Å²) in [7, 11) is 1.26. The van der Waals surface area contributed by atoms with Gasteiger partial charge >= 0.3 is 5.97 Å². The minimum Gasteiger partial charge on any atom is -0.465 e. The minimum atomic E-state index is -0.603. The number of benzene rings is 1. The number of thiophene rings is 1. The second kappa shape index (κ2) is 9.01. The third kappa shape index (κ3) is 5.30. The Kier molecular flexibility index (Phi) is 6.98. The van der Waals surface area contributed by atoms with E-state index in [-0.39, 0.29) is 29.8 Å². The summed E-state index contributed by atoms with van der Waals surface area (Å²) >= 11 is 6.90. The quantitative estimate of drug-likeness (QED) is 0.711. The second-order valence-corrected chi connectivity index (χ2v) is 7.69. The molecule has 0 unspecified atom stereocenters. The predicted molar refractivity (Wildman–Crippen MR) is 107 cm³/mol. The van der Waals surface area contributed by atoms with E-state index < -0.39 is 5.97 Å². The molecule has 144 valence electrons. The zero-order valence-electron chi connectivity index (χ0n) is 15.5. The number of nitrogens with one attached hydrogen (secondary N) is 2. The van der Waals surface area contributed by atoms with Gasteiger partial charge in [-0.25, -0.2) is 4.79 Å². The van der Waals surface area contributed by atoms with Crippen LogP contribution in [-0.2, 0) is 16.0 Å². The van der Waals surface area contributed by atoms with Gasteiger partial charge in [-0.05, 0) is 44.0 Å². The van der Waals surface area contributed by atoms with E-state index in [2.05, 4.69) is 10.6 Å². The van der Waals surface area contributed by atoms with Gasteiger partial charge in [0.05, 0.1) is 24.0 Å². The molecular formula is C19H21ClN2O4S. The average molecular weight is 409 g/mol. The van der Waals surface area contributed by atoms with Crippen molar-refractivity contribution in [2.75, 3.05) is 12.4 Å². The van der Waals surface area contributed by atoms with E-state index in [9.17, 15) is 14.4 Å². The number of hydrogen-bond acceptors (Lipinski definition) is 5. The molecular weight excluding hydrogens is 388 g/mol. The Morgan fingerprint density at radius 3 is 2.37 bits per heavy atom. The van der Waals surface area contributed by atoms with Crippen LogP contribution in [0.5, 0.6) is 0 Å². The zero-order chi connectivity index (χ0) is 20.1. The van der Waals surface area contributed by atoms with Gasteiger partial charge in [0.25, 0.3) is 5.91 Å². The van der Waals surface area contributed by atoms with Crippen LogP contribution in [0.15, 0.2) is 24.3 Å². The fourth-order valence-electron chi connectivity index (χ4n) is 2.45. The van der Waals surface area contributed by atoms with Crippen LogP contribution in [0.25, 0.3) is 0 Å².